The predicted octanol–water partition coefficient (Wildman–Crippen LogP) is 3.91. The second-order valence-corrected chi connectivity index (χ2v) is 6.35. The van der Waals surface area contributed by atoms with Crippen LogP contribution in [0.25, 0.3) is 0 Å². The van der Waals surface area contributed by atoms with Crippen LogP contribution in [-0.2, 0) is 12.7 Å². The smallest absolute Gasteiger partial charge is 0.396 e. The molecule has 3 rings (SSSR count). The fraction of sp³-hybridized carbons (Fsp3) is 0.368. The summed E-state index contributed by atoms with van der Waals surface area (Å²) in [6, 6.07) is 15.5. The summed E-state index contributed by atoms with van der Waals surface area (Å²) in [6.45, 7) is 2.06. The van der Waals surface area contributed by atoms with Gasteiger partial charge in [0, 0.05) is 38.1 Å². The highest BCUT2D eigenvalue weighted by molar-refractivity contribution is 5.30. The van der Waals surface area contributed by atoms with Gasteiger partial charge in [-0.1, -0.05) is 48.5 Å². The van der Waals surface area contributed by atoms with Crippen molar-refractivity contribution in [1.29, 1.82) is 0 Å². The van der Waals surface area contributed by atoms with Gasteiger partial charge in [-0.25, -0.2) is 0 Å². The summed E-state index contributed by atoms with van der Waals surface area (Å²) in [5, 5.41) is 9.66. The van der Waals surface area contributed by atoms with Crippen LogP contribution in [0.3, 0.4) is 0 Å². The number of rotatable bonds is 4. The van der Waals surface area contributed by atoms with Crippen LogP contribution in [0.1, 0.15) is 22.6 Å². The third kappa shape index (κ3) is 3.79. The van der Waals surface area contributed by atoms with Crippen molar-refractivity contribution in [3.8, 4) is 0 Å². The quantitative estimate of drug-likeness (QED) is 0.916. The van der Waals surface area contributed by atoms with Gasteiger partial charge in [0.2, 0.25) is 0 Å². The van der Waals surface area contributed by atoms with E-state index < -0.39 is 11.7 Å². The van der Waals surface area contributed by atoms with Crippen LogP contribution in [0.15, 0.2) is 54.6 Å². The average molecular weight is 335 g/mol. The first-order valence-corrected chi connectivity index (χ1v) is 8.01. The Balaban J connectivity index is 1.78. The molecule has 0 radical (unpaired) electrons. The summed E-state index contributed by atoms with van der Waals surface area (Å²) < 4.78 is 38.8. The van der Waals surface area contributed by atoms with E-state index >= 15 is 0 Å². The molecule has 1 aliphatic rings. The number of benzene rings is 2. The van der Waals surface area contributed by atoms with Gasteiger partial charge in [-0.05, 0) is 17.2 Å². The molecule has 0 amide bonds. The monoisotopic (exact) mass is 335 g/mol. The standard InChI is InChI=1S/C19H20F3NO/c20-19(21,22)17-8-4-7-15(9-17)18-12-23(11-16(18)13-24)10-14-5-2-1-3-6-14/h1-9,16,18,24H,10-13H2. The molecule has 0 saturated carbocycles. The van der Waals surface area contributed by atoms with Crippen molar-refractivity contribution >= 4 is 0 Å². The van der Waals surface area contributed by atoms with Crippen LogP contribution in [0.5, 0.6) is 0 Å². The van der Waals surface area contributed by atoms with Gasteiger partial charge in [-0.15, -0.1) is 0 Å². The van der Waals surface area contributed by atoms with Gasteiger partial charge in [0.1, 0.15) is 0 Å². The number of aliphatic hydroxyl groups is 1. The lowest BCUT2D eigenvalue weighted by Gasteiger charge is -2.18. The second kappa shape index (κ2) is 6.95. The normalized spacial score (nSPS) is 22.0. The molecular formula is C19H20F3NO. The molecule has 1 N–H and O–H groups in total. The van der Waals surface area contributed by atoms with E-state index in [0.717, 1.165) is 12.6 Å². The van der Waals surface area contributed by atoms with Crippen LogP contribution >= 0.6 is 0 Å². The molecule has 5 heteroatoms. The molecule has 2 aromatic rings. The SMILES string of the molecule is OCC1CN(Cc2ccccc2)CC1c1cccc(C(F)(F)F)c1. The topological polar surface area (TPSA) is 23.5 Å². The molecule has 1 heterocycles. The molecule has 1 aliphatic heterocycles. The molecule has 1 saturated heterocycles. The minimum atomic E-state index is -4.34. The average Bonchev–Trinajstić information content (AvgIpc) is 2.98. The molecule has 1 fully saturated rings. The van der Waals surface area contributed by atoms with Crippen molar-refractivity contribution in [2.45, 2.75) is 18.6 Å². The number of hydrogen-bond donors (Lipinski definition) is 1. The van der Waals surface area contributed by atoms with Gasteiger partial charge in [0.15, 0.2) is 0 Å². The van der Waals surface area contributed by atoms with Crippen molar-refractivity contribution in [3.63, 3.8) is 0 Å². The van der Waals surface area contributed by atoms with E-state index in [4.69, 9.17) is 0 Å². The number of alkyl halides is 3. The maximum Gasteiger partial charge on any atom is 0.416 e. The third-order valence-electron chi connectivity index (χ3n) is 4.64. The molecule has 2 aromatic carbocycles. The van der Waals surface area contributed by atoms with Crippen molar-refractivity contribution in [1.82, 2.24) is 4.90 Å². The van der Waals surface area contributed by atoms with E-state index in [2.05, 4.69) is 4.90 Å². The number of nitrogens with zero attached hydrogens (tertiary/aromatic N) is 1. The largest absolute Gasteiger partial charge is 0.416 e. The lowest BCUT2D eigenvalue weighted by atomic mass is 9.88. The third-order valence-corrected chi connectivity index (χ3v) is 4.64. The zero-order valence-corrected chi connectivity index (χ0v) is 13.2. The molecular weight excluding hydrogens is 315 g/mol. The molecule has 24 heavy (non-hydrogen) atoms. The highest BCUT2D eigenvalue weighted by Gasteiger charge is 2.35. The van der Waals surface area contributed by atoms with E-state index in [1.54, 1.807) is 6.07 Å². The molecule has 128 valence electrons. The molecule has 0 aliphatic carbocycles. The molecule has 0 bridgehead atoms. The molecule has 0 spiro atoms. The van der Waals surface area contributed by atoms with E-state index in [9.17, 15) is 18.3 Å². The summed E-state index contributed by atoms with van der Waals surface area (Å²) >= 11 is 0. The Morgan fingerprint density at radius 1 is 1.00 bits per heavy atom. The summed E-state index contributed by atoms with van der Waals surface area (Å²) in [5.74, 6) is -0.127. The van der Waals surface area contributed by atoms with E-state index in [0.29, 0.717) is 18.7 Å². The molecule has 2 atom stereocenters. The Labute approximate surface area is 139 Å². The van der Waals surface area contributed by atoms with Crippen LogP contribution in [0.4, 0.5) is 13.2 Å². The minimum Gasteiger partial charge on any atom is -0.396 e. The Hall–Kier alpha value is -1.85. The number of halogens is 3. The van der Waals surface area contributed by atoms with Gasteiger partial charge in [-0.3, -0.25) is 4.90 Å². The first kappa shape index (κ1) is 17.0. The van der Waals surface area contributed by atoms with E-state index in [-0.39, 0.29) is 18.4 Å². The fourth-order valence-electron chi connectivity index (χ4n) is 3.44. The zero-order chi connectivity index (χ0) is 17.2. The number of hydrogen-bond acceptors (Lipinski definition) is 2. The summed E-state index contributed by atoms with van der Waals surface area (Å²) in [4.78, 5) is 2.20. The molecule has 0 aromatic heterocycles. The van der Waals surface area contributed by atoms with Gasteiger partial charge >= 0.3 is 6.18 Å². The lowest BCUT2D eigenvalue weighted by molar-refractivity contribution is -0.137. The van der Waals surface area contributed by atoms with Crippen molar-refractivity contribution in [3.05, 3.63) is 71.3 Å². The number of likely N-dealkylation sites (tertiary alicyclic amines) is 1. The van der Waals surface area contributed by atoms with Crippen LogP contribution in [0, 0.1) is 5.92 Å². The summed E-state index contributed by atoms with van der Waals surface area (Å²) in [5.41, 5.74) is 1.19. The van der Waals surface area contributed by atoms with Gasteiger partial charge in [0.05, 0.1) is 5.56 Å². The Bertz CT molecular complexity index is 672. The highest BCUT2D eigenvalue weighted by atomic mass is 19.4. The van der Waals surface area contributed by atoms with E-state index in [1.807, 2.05) is 30.3 Å². The number of aliphatic hydroxyl groups excluding tert-OH is 1. The van der Waals surface area contributed by atoms with Gasteiger partial charge in [-0.2, -0.15) is 13.2 Å². The van der Waals surface area contributed by atoms with Crippen LogP contribution in [0.2, 0.25) is 0 Å². The van der Waals surface area contributed by atoms with Crippen molar-refractivity contribution in [2.24, 2.45) is 5.92 Å². The zero-order valence-electron chi connectivity index (χ0n) is 13.2. The highest BCUT2D eigenvalue weighted by Crippen LogP contribution is 2.36. The summed E-state index contributed by atoms with van der Waals surface area (Å²) in [7, 11) is 0. The van der Waals surface area contributed by atoms with Gasteiger partial charge in [0.25, 0.3) is 0 Å². The van der Waals surface area contributed by atoms with E-state index in [1.165, 1.54) is 17.7 Å². The maximum absolute atomic E-state index is 12.9. The first-order chi connectivity index (χ1) is 11.5. The van der Waals surface area contributed by atoms with Crippen LogP contribution < -0.4 is 0 Å². The maximum atomic E-state index is 12.9. The Morgan fingerprint density at radius 3 is 2.42 bits per heavy atom. The van der Waals surface area contributed by atoms with Crippen LogP contribution in [-0.4, -0.2) is 29.7 Å². The fourth-order valence-corrected chi connectivity index (χ4v) is 3.44. The lowest BCUT2D eigenvalue weighted by Crippen LogP contribution is -2.20. The Morgan fingerprint density at radius 2 is 1.75 bits per heavy atom. The molecule has 2 unspecified atom stereocenters. The first-order valence-electron chi connectivity index (χ1n) is 8.01. The predicted molar refractivity (Wildman–Crippen MR) is 86.5 cm³/mol. The summed E-state index contributed by atoms with van der Waals surface area (Å²) in [6.07, 6.45) is -4.34. The Kier molecular flexibility index (Phi) is 4.92. The van der Waals surface area contributed by atoms with Crippen molar-refractivity contribution in [2.75, 3.05) is 19.7 Å². The second-order valence-electron chi connectivity index (χ2n) is 6.35. The minimum absolute atomic E-state index is 0.0216. The molecule has 2 nitrogen and oxygen atoms in total. The van der Waals surface area contributed by atoms with Crippen molar-refractivity contribution < 1.29 is 18.3 Å². The van der Waals surface area contributed by atoms with Gasteiger partial charge < -0.3 is 5.11 Å².